The van der Waals surface area contributed by atoms with Gasteiger partial charge in [0.05, 0.1) is 21.4 Å². The number of nitrogens with zero attached hydrogens (tertiary/aromatic N) is 3. The topological polar surface area (TPSA) is 76.0 Å². The van der Waals surface area contributed by atoms with Crippen LogP contribution in [-0.2, 0) is 0 Å². The molecule has 0 radical (unpaired) electrons. The van der Waals surface area contributed by atoms with Crippen molar-refractivity contribution in [3.63, 3.8) is 0 Å². The fourth-order valence-corrected chi connectivity index (χ4v) is 2.70. The van der Waals surface area contributed by atoms with Gasteiger partial charge in [0.2, 0.25) is 5.82 Å². The summed E-state index contributed by atoms with van der Waals surface area (Å²) in [6.07, 6.45) is 2.88. The third-order valence-electron chi connectivity index (χ3n) is 3.17. The number of carboxylic acid groups (broad SMARTS) is 1. The quantitative estimate of drug-likeness (QED) is 0.702. The van der Waals surface area contributed by atoms with Crippen LogP contribution in [0.3, 0.4) is 0 Å². The van der Waals surface area contributed by atoms with Gasteiger partial charge in [-0.05, 0) is 30.3 Å². The number of benzene rings is 1. The summed E-state index contributed by atoms with van der Waals surface area (Å²) in [7, 11) is 0. The second-order valence-electron chi connectivity index (χ2n) is 4.75. The van der Waals surface area contributed by atoms with Gasteiger partial charge in [-0.3, -0.25) is 4.98 Å². The lowest BCUT2D eigenvalue weighted by Gasteiger charge is -2.11. The third kappa shape index (κ3) is 3.33. The molecule has 0 unspecified atom stereocenters. The first-order chi connectivity index (χ1) is 11.5. The van der Waals surface area contributed by atoms with Crippen molar-refractivity contribution in [1.29, 1.82) is 0 Å². The fraction of sp³-hybridized carbons (Fsp3) is 0. The molecule has 0 bridgehead atoms. The lowest BCUT2D eigenvalue weighted by molar-refractivity contribution is 0.0683. The van der Waals surface area contributed by atoms with Gasteiger partial charge in [0.1, 0.15) is 0 Å². The van der Waals surface area contributed by atoms with Crippen molar-refractivity contribution in [2.45, 2.75) is 0 Å². The Bertz CT molecular complexity index is 930. The first-order valence-electron chi connectivity index (χ1n) is 6.63. The Kier molecular flexibility index (Phi) is 4.66. The maximum absolute atomic E-state index is 11.2. The Labute approximate surface area is 151 Å². The van der Waals surface area contributed by atoms with E-state index in [-0.39, 0.29) is 5.82 Å². The van der Waals surface area contributed by atoms with Gasteiger partial charge in [-0.15, -0.1) is 0 Å². The van der Waals surface area contributed by atoms with Crippen LogP contribution in [0, 0.1) is 0 Å². The summed E-state index contributed by atoms with van der Waals surface area (Å²) in [5.41, 5.74) is 1.94. The normalized spacial score (nSPS) is 10.6. The summed E-state index contributed by atoms with van der Waals surface area (Å²) >= 11 is 18.0. The zero-order valence-electron chi connectivity index (χ0n) is 11.9. The van der Waals surface area contributed by atoms with E-state index >= 15 is 0 Å². The maximum Gasteiger partial charge on any atom is 0.373 e. The van der Waals surface area contributed by atoms with Gasteiger partial charge in [-0.1, -0.05) is 34.8 Å². The van der Waals surface area contributed by atoms with E-state index in [9.17, 15) is 4.79 Å². The van der Waals surface area contributed by atoms with Gasteiger partial charge in [-0.2, -0.15) is 0 Å². The molecule has 3 rings (SSSR count). The molecule has 0 spiro atoms. The van der Waals surface area contributed by atoms with Gasteiger partial charge in [0, 0.05) is 28.5 Å². The van der Waals surface area contributed by atoms with Crippen LogP contribution in [-0.4, -0.2) is 26.0 Å². The maximum atomic E-state index is 11.2. The summed E-state index contributed by atoms with van der Waals surface area (Å²) < 4.78 is 0. The van der Waals surface area contributed by atoms with Crippen LogP contribution in [0.25, 0.3) is 22.5 Å². The molecule has 0 aliphatic rings. The molecular weight excluding hydrogens is 373 g/mol. The average Bonchev–Trinajstić information content (AvgIpc) is 2.55. The molecule has 2 heterocycles. The number of carboxylic acids is 1. The van der Waals surface area contributed by atoms with Crippen molar-refractivity contribution in [3.05, 3.63) is 63.6 Å². The number of rotatable bonds is 3. The molecule has 0 saturated carbocycles. The van der Waals surface area contributed by atoms with Crippen molar-refractivity contribution in [2.24, 2.45) is 0 Å². The molecule has 1 aromatic carbocycles. The van der Waals surface area contributed by atoms with E-state index in [2.05, 4.69) is 15.0 Å². The number of hydrogen-bond donors (Lipinski definition) is 1. The summed E-state index contributed by atoms with van der Waals surface area (Å²) in [6, 6.07) is 8.22. The summed E-state index contributed by atoms with van der Waals surface area (Å²) in [5, 5.41) is 10.4. The van der Waals surface area contributed by atoms with E-state index in [0.717, 1.165) is 0 Å². The number of carbonyl (C=O) groups is 1. The van der Waals surface area contributed by atoms with Gasteiger partial charge >= 0.3 is 5.97 Å². The second kappa shape index (κ2) is 6.73. The van der Waals surface area contributed by atoms with E-state index in [0.29, 0.717) is 37.6 Å². The zero-order chi connectivity index (χ0) is 17.3. The van der Waals surface area contributed by atoms with Gasteiger partial charge in [0.25, 0.3) is 0 Å². The van der Waals surface area contributed by atoms with Crippen molar-refractivity contribution in [3.8, 4) is 22.5 Å². The zero-order valence-corrected chi connectivity index (χ0v) is 14.1. The first kappa shape index (κ1) is 16.6. The molecule has 2 aromatic heterocycles. The summed E-state index contributed by atoms with van der Waals surface area (Å²) in [6.45, 7) is 0. The van der Waals surface area contributed by atoms with Crippen LogP contribution < -0.4 is 0 Å². The van der Waals surface area contributed by atoms with E-state index in [1.807, 2.05) is 0 Å². The largest absolute Gasteiger partial charge is 0.475 e. The Hall–Kier alpha value is -2.21. The Morgan fingerprint density at radius 3 is 2.29 bits per heavy atom. The van der Waals surface area contributed by atoms with Gasteiger partial charge in [-0.25, -0.2) is 14.8 Å². The molecule has 0 atom stereocenters. The monoisotopic (exact) mass is 379 g/mol. The standard InChI is InChI=1S/C16H8Cl3N3O2/c17-8-1-3-10(12(19)5-8)14-11(7-21-15(22-14)16(23)24)13-4-2-9(18)6-20-13/h1-7H,(H,23,24). The first-order valence-corrected chi connectivity index (χ1v) is 7.77. The lowest BCUT2D eigenvalue weighted by Crippen LogP contribution is -2.06. The molecule has 0 aliphatic heterocycles. The van der Waals surface area contributed by atoms with Crippen LogP contribution in [0.15, 0.2) is 42.7 Å². The van der Waals surface area contributed by atoms with Gasteiger partial charge < -0.3 is 5.11 Å². The third-order valence-corrected chi connectivity index (χ3v) is 3.94. The number of aromatic nitrogens is 3. The molecule has 1 N–H and O–H groups in total. The summed E-state index contributed by atoms with van der Waals surface area (Å²) in [5.74, 6) is -1.58. The molecule has 5 nitrogen and oxygen atoms in total. The Morgan fingerprint density at radius 1 is 0.917 bits per heavy atom. The highest BCUT2D eigenvalue weighted by atomic mass is 35.5. The smallest absolute Gasteiger partial charge is 0.373 e. The second-order valence-corrected chi connectivity index (χ2v) is 6.03. The van der Waals surface area contributed by atoms with Crippen LogP contribution in [0.1, 0.15) is 10.6 Å². The van der Waals surface area contributed by atoms with E-state index in [1.165, 1.54) is 12.4 Å². The molecule has 8 heteroatoms. The molecule has 0 aliphatic carbocycles. The van der Waals surface area contributed by atoms with Crippen LogP contribution in [0.4, 0.5) is 0 Å². The molecule has 0 saturated heterocycles. The van der Waals surface area contributed by atoms with Crippen LogP contribution in [0.5, 0.6) is 0 Å². The minimum Gasteiger partial charge on any atom is -0.475 e. The molecular formula is C16H8Cl3N3O2. The van der Waals surface area contributed by atoms with Crippen molar-refractivity contribution in [1.82, 2.24) is 15.0 Å². The van der Waals surface area contributed by atoms with E-state index in [1.54, 1.807) is 30.3 Å². The predicted octanol–water partition coefficient (Wildman–Crippen LogP) is 4.86. The molecule has 3 aromatic rings. The Balaban J connectivity index is 2.26. The highest BCUT2D eigenvalue weighted by Gasteiger charge is 2.18. The van der Waals surface area contributed by atoms with Crippen LogP contribution >= 0.6 is 34.8 Å². The SMILES string of the molecule is O=C(O)c1ncc(-c2ccc(Cl)cn2)c(-c2ccc(Cl)cc2Cl)n1. The van der Waals surface area contributed by atoms with Crippen molar-refractivity contribution in [2.75, 3.05) is 0 Å². The van der Waals surface area contributed by atoms with E-state index in [4.69, 9.17) is 39.9 Å². The molecule has 120 valence electrons. The molecule has 24 heavy (non-hydrogen) atoms. The Morgan fingerprint density at radius 2 is 1.67 bits per heavy atom. The van der Waals surface area contributed by atoms with Crippen molar-refractivity contribution >= 4 is 40.8 Å². The number of aromatic carboxylic acids is 1. The molecule has 0 amide bonds. The average molecular weight is 381 g/mol. The number of halogens is 3. The van der Waals surface area contributed by atoms with Crippen molar-refractivity contribution < 1.29 is 9.90 Å². The van der Waals surface area contributed by atoms with Gasteiger partial charge in [0.15, 0.2) is 0 Å². The van der Waals surface area contributed by atoms with E-state index < -0.39 is 5.97 Å². The number of pyridine rings is 1. The highest BCUT2D eigenvalue weighted by Crippen LogP contribution is 2.35. The number of hydrogen-bond acceptors (Lipinski definition) is 4. The fourth-order valence-electron chi connectivity index (χ4n) is 2.09. The summed E-state index contributed by atoms with van der Waals surface area (Å²) in [4.78, 5) is 23.4. The predicted molar refractivity (Wildman–Crippen MR) is 92.7 cm³/mol. The highest BCUT2D eigenvalue weighted by molar-refractivity contribution is 6.36. The molecule has 0 fully saturated rings. The van der Waals surface area contributed by atoms with Crippen LogP contribution in [0.2, 0.25) is 15.1 Å². The minimum absolute atomic E-state index is 0.339. The lowest BCUT2D eigenvalue weighted by atomic mass is 10.0. The minimum atomic E-state index is -1.24.